The molecule has 0 radical (unpaired) electrons. The van der Waals surface area contributed by atoms with Crippen LogP contribution in [0.1, 0.15) is 71.1 Å². The third-order valence-corrected chi connectivity index (χ3v) is 3.82. The van der Waals surface area contributed by atoms with Crippen molar-refractivity contribution >= 4 is 10.1 Å². The topological polar surface area (TPSA) is 43.4 Å². The smallest absolute Gasteiger partial charge is 0.197 e. The van der Waals surface area contributed by atoms with E-state index in [1.54, 1.807) is 0 Å². The van der Waals surface area contributed by atoms with Gasteiger partial charge in [-0.2, -0.15) is 8.42 Å². The first-order valence-corrected chi connectivity index (χ1v) is 8.90. The highest BCUT2D eigenvalue weighted by molar-refractivity contribution is 7.86. The number of quaternary nitrogens is 1. The summed E-state index contributed by atoms with van der Waals surface area (Å²) in [5.41, 5.74) is 0. The summed E-state index contributed by atoms with van der Waals surface area (Å²) < 4.78 is 74.1. The Morgan fingerprint density at radius 3 is 1.41 bits per heavy atom. The highest BCUT2D eigenvalue weighted by Crippen LogP contribution is 2.11. The molecule has 0 bridgehead atoms. The zero-order valence-electron chi connectivity index (χ0n) is 12.7. The molecule has 0 saturated heterocycles. The minimum atomic E-state index is -5.00. The zero-order valence-corrected chi connectivity index (χ0v) is 13.6. The number of nitrogens with zero attached hydrogens (tertiary/aromatic N) is 1. The summed E-state index contributed by atoms with van der Waals surface area (Å²) in [6.07, 6.45) is 11.2. The highest BCUT2D eigenvalue weighted by atomic mass is 32.2. The minimum Gasteiger partial charge on any atom is -0.197 e. The van der Waals surface area contributed by atoms with Gasteiger partial charge in [0.2, 0.25) is 0 Å². The van der Waals surface area contributed by atoms with Crippen LogP contribution >= 0.6 is 0 Å². The van der Waals surface area contributed by atoms with Crippen LogP contribution in [0.3, 0.4) is 0 Å². The lowest BCUT2D eigenvalue weighted by Crippen LogP contribution is -2.05. The fourth-order valence-corrected chi connectivity index (χ4v) is 2.42. The highest BCUT2D eigenvalue weighted by Gasteiger charge is 2.30. The van der Waals surface area contributed by atoms with Gasteiger partial charge in [0, 0.05) is 0 Å². The summed E-state index contributed by atoms with van der Waals surface area (Å²) in [5, 5.41) is -5.00. The molecule has 0 unspecified atom stereocenters. The summed E-state index contributed by atoms with van der Waals surface area (Å²) in [5.74, 6) is -0.208. The first-order chi connectivity index (χ1) is 10.1. The maximum atomic E-state index is 11.5. The first kappa shape index (κ1) is 23.8. The van der Waals surface area contributed by atoms with Crippen LogP contribution in [0.2, 0.25) is 0 Å². The van der Waals surface area contributed by atoms with Gasteiger partial charge in [0.05, 0.1) is 5.75 Å². The molecule has 0 saturated carbocycles. The molecule has 22 heavy (non-hydrogen) atoms. The predicted octanol–water partition coefficient (Wildman–Crippen LogP) is 5.48. The van der Waals surface area contributed by atoms with Gasteiger partial charge in [-0.3, -0.25) is 0 Å². The second-order valence-corrected chi connectivity index (χ2v) is 6.54. The molecular formula is C12H25F5NO3S+. The van der Waals surface area contributed by atoms with Gasteiger partial charge < -0.3 is 0 Å². The average molecular weight is 358 g/mol. The summed E-state index contributed by atoms with van der Waals surface area (Å²) in [4.78, 5) is 0. The van der Waals surface area contributed by atoms with Gasteiger partial charge >= 0.3 is 5.37 Å². The van der Waals surface area contributed by atoms with E-state index in [4.69, 9.17) is 0 Å². The molecule has 10 heteroatoms. The molecule has 0 fully saturated rings. The molecule has 0 amide bonds. The second-order valence-electron chi connectivity index (χ2n) is 4.89. The molecule has 4 nitrogen and oxygen atoms in total. The number of rotatable bonds is 12. The van der Waals surface area contributed by atoms with Gasteiger partial charge in [0.25, 0.3) is 10.1 Å². The number of halogens is 5. The number of unbranched alkanes of at least 4 members (excludes halogenated alkanes) is 9. The van der Waals surface area contributed by atoms with Crippen molar-refractivity contribution < 1.29 is 40.6 Å². The van der Waals surface area contributed by atoms with Crippen LogP contribution in [0, 0.1) is 0 Å². The summed E-state index contributed by atoms with van der Waals surface area (Å²) in [7, 11) is -3.89. The van der Waals surface area contributed by atoms with E-state index in [2.05, 4.69) is 11.3 Å². The maximum Gasteiger partial charge on any atom is 0.440 e. The van der Waals surface area contributed by atoms with Crippen molar-refractivity contribution in [3.8, 4) is 0 Å². The molecule has 0 aliphatic rings. The fraction of sp³-hybridized carbons (Fsp3) is 1.00. The molecule has 0 rings (SSSR count). The van der Waals surface area contributed by atoms with Gasteiger partial charge in [0.15, 0.2) is 0 Å². The molecule has 0 N–H and O–H groups in total. The van der Waals surface area contributed by atoms with E-state index in [-0.39, 0.29) is 5.75 Å². The van der Waals surface area contributed by atoms with Crippen LogP contribution in [0.5, 0.6) is 0 Å². The van der Waals surface area contributed by atoms with Crippen LogP contribution in [-0.2, 0) is 14.5 Å². The third-order valence-electron chi connectivity index (χ3n) is 2.84. The van der Waals surface area contributed by atoms with Crippen LogP contribution in [0.25, 0.3) is 0 Å². The monoisotopic (exact) mass is 358 g/mol. The van der Waals surface area contributed by atoms with Crippen LogP contribution in [0.4, 0.5) is 22.5 Å². The molecule has 0 aromatic heterocycles. The Balaban J connectivity index is 0. The Bertz CT molecular complexity index is 330. The van der Waals surface area contributed by atoms with E-state index in [1.165, 1.54) is 38.5 Å². The van der Waals surface area contributed by atoms with Crippen molar-refractivity contribution in [3.63, 3.8) is 0 Å². The number of hydrogen-bond donors (Lipinski definition) is 0. The molecule has 0 aliphatic carbocycles. The van der Waals surface area contributed by atoms with Crippen molar-refractivity contribution in [3.05, 3.63) is 0 Å². The van der Waals surface area contributed by atoms with E-state index in [0.717, 1.165) is 19.3 Å². The van der Waals surface area contributed by atoms with Gasteiger partial charge in [-0.15, -0.1) is 0 Å². The second kappa shape index (κ2) is 14.1. The van der Waals surface area contributed by atoms with E-state index >= 15 is 0 Å². The lowest BCUT2D eigenvalue weighted by atomic mass is 10.1. The predicted molar refractivity (Wildman–Crippen MR) is 72.5 cm³/mol. The first-order valence-electron chi connectivity index (χ1n) is 7.33. The SMILES string of the molecule is CCCCCCCCCCCCS(=O)(=O)OF.F[N+](F)(F)F. The zero-order chi connectivity index (χ0) is 17.5. The van der Waals surface area contributed by atoms with Crippen molar-refractivity contribution in [2.24, 2.45) is 0 Å². The average Bonchev–Trinajstić information content (AvgIpc) is 2.39. The quantitative estimate of drug-likeness (QED) is 0.264. The molecule has 0 spiro atoms. The Hall–Kier alpha value is -0.480. The standard InChI is InChI=1S/C12H25FO3S.F4N/c1-2-3-4-5-6-7-8-9-10-11-12-17(14,15)16-13;1-5(2,3)4/h2-12H2,1H3;/q;+1. The van der Waals surface area contributed by atoms with E-state index in [9.17, 15) is 30.9 Å². The van der Waals surface area contributed by atoms with Crippen LogP contribution in [-0.4, -0.2) is 19.5 Å². The molecule has 0 aromatic carbocycles. The van der Waals surface area contributed by atoms with Crippen molar-refractivity contribution in [2.45, 2.75) is 71.1 Å². The van der Waals surface area contributed by atoms with Gasteiger partial charge in [-0.1, -0.05) is 69.1 Å². The summed E-state index contributed by atoms with van der Waals surface area (Å²) in [6, 6.07) is 0. The fourth-order valence-electron chi connectivity index (χ4n) is 1.80. The van der Waals surface area contributed by atoms with E-state index in [1.807, 2.05) is 0 Å². The van der Waals surface area contributed by atoms with Gasteiger partial charge in [0.1, 0.15) is 17.9 Å². The van der Waals surface area contributed by atoms with Crippen molar-refractivity contribution in [1.82, 2.24) is 0 Å². The Morgan fingerprint density at radius 2 is 1.09 bits per heavy atom. The Morgan fingerprint density at radius 1 is 0.773 bits per heavy atom. The van der Waals surface area contributed by atoms with Crippen molar-refractivity contribution in [1.29, 1.82) is 0 Å². The normalized spacial score (nSPS) is 11.9. The Kier molecular flexibility index (Phi) is 15.3. The minimum absolute atomic E-state index is 0.208. The summed E-state index contributed by atoms with van der Waals surface area (Å²) >= 11 is 0. The third kappa shape index (κ3) is 27.8. The van der Waals surface area contributed by atoms with E-state index < -0.39 is 15.5 Å². The molecule has 0 atom stereocenters. The molecule has 0 aliphatic heterocycles. The molecule has 136 valence electrons. The lowest BCUT2D eigenvalue weighted by molar-refractivity contribution is -1.36. The molecule has 0 aromatic rings. The summed E-state index contributed by atoms with van der Waals surface area (Å²) in [6.45, 7) is 2.20. The number of hydrogen-bond acceptors (Lipinski definition) is 3. The van der Waals surface area contributed by atoms with Gasteiger partial charge in [-0.05, 0) is 10.9 Å². The van der Waals surface area contributed by atoms with Crippen LogP contribution in [0.15, 0.2) is 0 Å². The largest absolute Gasteiger partial charge is 0.440 e. The van der Waals surface area contributed by atoms with Crippen LogP contribution < -0.4 is 0 Å². The molecular weight excluding hydrogens is 333 g/mol. The van der Waals surface area contributed by atoms with E-state index in [0.29, 0.717) is 6.42 Å². The van der Waals surface area contributed by atoms with Crippen molar-refractivity contribution in [2.75, 3.05) is 5.75 Å². The molecule has 0 heterocycles. The lowest BCUT2D eigenvalue weighted by Gasteiger charge is -2.01. The maximum absolute atomic E-state index is 11.5. The Labute approximate surface area is 128 Å². The van der Waals surface area contributed by atoms with Gasteiger partial charge in [-0.25, -0.2) is 0 Å².